The number of aryl methyl sites for hydroxylation is 4. The first-order chi connectivity index (χ1) is 13.5. The average molecular weight is 373 g/mol. The Kier molecular flexibility index (Phi) is 7.83. The molecule has 0 bridgehead atoms. The number of hydrogen-bond acceptors (Lipinski definition) is 2. The fourth-order valence-electron chi connectivity index (χ4n) is 4.19. The second kappa shape index (κ2) is 10.1. The van der Waals surface area contributed by atoms with E-state index in [0.717, 1.165) is 49.7 Å². The van der Waals surface area contributed by atoms with Gasteiger partial charge in [-0.25, -0.2) is 0 Å². The minimum absolute atomic E-state index is 0.504. The molecule has 0 saturated heterocycles. The summed E-state index contributed by atoms with van der Waals surface area (Å²) in [5.41, 5.74) is 9.09. The molecule has 0 aliphatic heterocycles. The number of benzene rings is 2. The van der Waals surface area contributed by atoms with Gasteiger partial charge in [-0.15, -0.1) is 0 Å². The van der Waals surface area contributed by atoms with Crippen molar-refractivity contribution in [1.29, 1.82) is 10.5 Å². The molecular formula is C26H32N2. The Morgan fingerprint density at radius 1 is 0.643 bits per heavy atom. The van der Waals surface area contributed by atoms with Gasteiger partial charge in [0, 0.05) is 0 Å². The van der Waals surface area contributed by atoms with Crippen LogP contribution in [0.25, 0.3) is 0 Å². The Bertz CT molecular complexity index is 783. The summed E-state index contributed by atoms with van der Waals surface area (Å²) in [6.45, 7) is 10.8. The van der Waals surface area contributed by atoms with Crippen molar-refractivity contribution in [3.63, 3.8) is 0 Å². The monoisotopic (exact) mass is 372 g/mol. The van der Waals surface area contributed by atoms with Crippen molar-refractivity contribution >= 4 is 0 Å². The first-order valence-electron chi connectivity index (χ1n) is 10.6. The Morgan fingerprint density at radius 3 is 1.14 bits per heavy atom. The Balaban J connectivity index is 2.27. The van der Waals surface area contributed by atoms with E-state index < -0.39 is 0 Å². The molecule has 0 amide bonds. The highest BCUT2D eigenvalue weighted by Crippen LogP contribution is 2.24. The minimum atomic E-state index is 0.504. The third-order valence-electron chi connectivity index (χ3n) is 5.64. The van der Waals surface area contributed by atoms with Gasteiger partial charge in [0.25, 0.3) is 0 Å². The zero-order chi connectivity index (χ0) is 20.7. The van der Waals surface area contributed by atoms with Crippen molar-refractivity contribution in [2.45, 2.75) is 73.1 Å². The molecule has 146 valence electrons. The van der Waals surface area contributed by atoms with Crippen LogP contribution in [0.2, 0.25) is 0 Å². The van der Waals surface area contributed by atoms with Gasteiger partial charge in [0.2, 0.25) is 0 Å². The van der Waals surface area contributed by atoms with Crippen molar-refractivity contribution in [3.05, 3.63) is 68.8 Å². The normalized spacial score (nSPS) is 10.7. The molecule has 0 spiro atoms. The zero-order valence-electron chi connectivity index (χ0n) is 18.0. The van der Waals surface area contributed by atoms with E-state index in [2.05, 4.69) is 71.0 Å². The summed E-state index contributed by atoms with van der Waals surface area (Å²) in [7, 11) is 0. The first-order valence-corrected chi connectivity index (χ1v) is 10.6. The Morgan fingerprint density at radius 2 is 0.929 bits per heavy atom. The van der Waals surface area contributed by atoms with Crippen molar-refractivity contribution in [2.75, 3.05) is 0 Å². The predicted molar refractivity (Wildman–Crippen MR) is 116 cm³/mol. The minimum Gasteiger partial charge on any atom is -0.192 e. The molecule has 2 rings (SSSR count). The molecule has 0 aliphatic rings. The topological polar surface area (TPSA) is 47.6 Å². The molecular weight excluding hydrogens is 340 g/mol. The highest BCUT2D eigenvalue weighted by molar-refractivity contribution is 5.48. The lowest BCUT2D eigenvalue weighted by molar-refractivity contribution is 0.576. The van der Waals surface area contributed by atoms with Crippen LogP contribution in [0.15, 0.2) is 24.3 Å². The molecule has 2 aromatic rings. The summed E-state index contributed by atoms with van der Waals surface area (Å²) in [6, 6.07) is 13.7. The lowest BCUT2D eigenvalue weighted by Crippen LogP contribution is -2.08. The van der Waals surface area contributed by atoms with Crippen LogP contribution < -0.4 is 0 Å². The van der Waals surface area contributed by atoms with E-state index in [0.29, 0.717) is 5.92 Å². The fourth-order valence-corrected chi connectivity index (χ4v) is 4.19. The van der Waals surface area contributed by atoms with Crippen LogP contribution in [0.5, 0.6) is 0 Å². The van der Waals surface area contributed by atoms with Crippen LogP contribution in [0, 0.1) is 28.6 Å². The molecule has 28 heavy (non-hydrogen) atoms. The van der Waals surface area contributed by atoms with Crippen LogP contribution in [0.4, 0.5) is 0 Å². The van der Waals surface area contributed by atoms with Crippen LogP contribution in [0.1, 0.15) is 79.1 Å². The molecule has 2 heteroatoms. The number of rotatable bonds is 8. The standard InChI is InChI=1S/C26H32N2/c1-6-21-12-19(13-22(7-2)25(21)16-27)10-18(5)11-20-14-23(8-3)26(17-28)24(9-4)15-20/h12-15,18H,6-11H2,1-5H3. The lowest BCUT2D eigenvalue weighted by Gasteiger charge is -2.17. The number of hydrogen-bond donors (Lipinski definition) is 0. The van der Waals surface area contributed by atoms with E-state index in [-0.39, 0.29) is 0 Å². The van der Waals surface area contributed by atoms with Gasteiger partial charge < -0.3 is 0 Å². The summed E-state index contributed by atoms with van der Waals surface area (Å²) >= 11 is 0. The highest BCUT2D eigenvalue weighted by Gasteiger charge is 2.14. The molecule has 0 unspecified atom stereocenters. The van der Waals surface area contributed by atoms with E-state index in [9.17, 15) is 10.5 Å². The van der Waals surface area contributed by atoms with Crippen LogP contribution in [-0.4, -0.2) is 0 Å². The average Bonchev–Trinajstić information content (AvgIpc) is 2.71. The third kappa shape index (κ3) is 4.82. The smallest absolute Gasteiger partial charge is 0.0997 e. The van der Waals surface area contributed by atoms with Gasteiger partial charge in [-0.05, 0) is 77.8 Å². The van der Waals surface area contributed by atoms with Gasteiger partial charge in [-0.2, -0.15) is 10.5 Å². The molecule has 0 aromatic heterocycles. The van der Waals surface area contributed by atoms with E-state index in [1.165, 1.54) is 33.4 Å². The molecule has 0 fully saturated rings. The van der Waals surface area contributed by atoms with Crippen molar-refractivity contribution in [1.82, 2.24) is 0 Å². The molecule has 0 aliphatic carbocycles. The van der Waals surface area contributed by atoms with E-state index in [4.69, 9.17) is 0 Å². The Labute approximate surface area is 170 Å². The maximum atomic E-state index is 9.50. The van der Waals surface area contributed by atoms with Crippen LogP contribution in [-0.2, 0) is 38.5 Å². The van der Waals surface area contributed by atoms with E-state index in [1.807, 2.05) is 0 Å². The maximum absolute atomic E-state index is 9.50. The molecule has 0 N–H and O–H groups in total. The SMILES string of the molecule is CCc1cc(CC(C)Cc2cc(CC)c(C#N)c(CC)c2)cc(CC)c1C#N. The van der Waals surface area contributed by atoms with Gasteiger partial charge in [0.05, 0.1) is 23.3 Å². The molecule has 2 aromatic carbocycles. The first kappa shape index (κ1) is 21.7. The summed E-state index contributed by atoms with van der Waals surface area (Å²) in [4.78, 5) is 0. The molecule has 0 atom stereocenters. The highest BCUT2D eigenvalue weighted by atomic mass is 14.3. The summed E-state index contributed by atoms with van der Waals surface area (Å²) in [5, 5.41) is 19.0. The molecule has 2 nitrogen and oxygen atoms in total. The van der Waals surface area contributed by atoms with Gasteiger partial charge >= 0.3 is 0 Å². The van der Waals surface area contributed by atoms with E-state index >= 15 is 0 Å². The second-order valence-electron chi connectivity index (χ2n) is 7.73. The van der Waals surface area contributed by atoms with Crippen molar-refractivity contribution in [3.8, 4) is 12.1 Å². The predicted octanol–water partition coefficient (Wildman–Crippen LogP) is 6.10. The second-order valence-corrected chi connectivity index (χ2v) is 7.73. The van der Waals surface area contributed by atoms with Crippen molar-refractivity contribution in [2.24, 2.45) is 5.92 Å². The maximum Gasteiger partial charge on any atom is 0.0997 e. The summed E-state index contributed by atoms with van der Waals surface area (Å²) < 4.78 is 0. The van der Waals surface area contributed by atoms with Gasteiger partial charge in [-0.1, -0.05) is 58.9 Å². The zero-order valence-corrected chi connectivity index (χ0v) is 18.0. The van der Waals surface area contributed by atoms with Crippen molar-refractivity contribution < 1.29 is 0 Å². The lowest BCUT2D eigenvalue weighted by atomic mass is 9.87. The molecule has 0 radical (unpaired) electrons. The van der Waals surface area contributed by atoms with Crippen LogP contribution >= 0.6 is 0 Å². The quantitative estimate of drug-likeness (QED) is 0.562. The Hall–Kier alpha value is -2.58. The van der Waals surface area contributed by atoms with Gasteiger partial charge in [-0.3, -0.25) is 0 Å². The van der Waals surface area contributed by atoms with Gasteiger partial charge in [0.15, 0.2) is 0 Å². The van der Waals surface area contributed by atoms with E-state index in [1.54, 1.807) is 0 Å². The largest absolute Gasteiger partial charge is 0.192 e. The van der Waals surface area contributed by atoms with Crippen LogP contribution in [0.3, 0.4) is 0 Å². The van der Waals surface area contributed by atoms with Gasteiger partial charge in [0.1, 0.15) is 0 Å². The third-order valence-corrected chi connectivity index (χ3v) is 5.64. The fraction of sp³-hybridized carbons (Fsp3) is 0.462. The summed E-state index contributed by atoms with van der Waals surface area (Å²) in [6.07, 6.45) is 5.60. The summed E-state index contributed by atoms with van der Waals surface area (Å²) in [5.74, 6) is 0.504. The molecule has 0 saturated carbocycles. The number of nitriles is 2. The number of nitrogens with zero attached hydrogens (tertiary/aromatic N) is 2. The molecule has 0 heterocycles.